The highest BCUT2D eigenvalue weighted by Crippen LogP contribution is 2.19. The molecule has 1 N–H and O–H groups in total. The summed E-state index contributed by atoms with van der Waals surface area (Å²) in [5, 5.41) is 3.00. The van der Waals surface area contributed by atoms with Crippen molar-refractivity contribution in [2.24, 2.45) is 0 Å². The molecule has 0 unspecified atom stereocenters. The molecular formula is C20H25N3O2S. The monoisotopic (exact) mass is 371 g/mol. The number of carbonyl (C=O) groups is 2. The fraction of sp³-hybridized carbons (Fsp3) is 0.400. The lowest BCUT2D eigenvalue weighted by Gasteiger charge is -2.34. The van der Waals surface area contributed by atoms with Crippen molar-refractivity contribution < 1.29 is 9.59 Å². The Morgan fingerprint density at radius 3 is 2.42 bits per heavy atom. The maximum Gasteiger partial charge on any atom is 0.264 e. The first-order valence-corrected chi connectivity index (χ1v) is 9.70. The van der Waals surface area contributed by atoms with Gasteiger partial charge in [-0.25, -0.2) is 0 Å². The summed E-state index contributed by atoms with van der Waals surface area (Å²) in [6.07, 6.45) is 0. The van der Waals surface area contributed by atoms with Crippen molar-refractivity contribution in [1.82, 2.24) is 9.80 Å². The normalized spacial score (nSPS) is 15.1. The van der Waals surface area contributed by atoms with E-state index in [1.165, 1.54) is 16.9 Å². The molecule has 0 spiro atoms. The average molecular weight is 372 g/mol. The lowest BCUT2D eigenvalue weighted by molar-refractivity contribution is -0.117. The predicted octanol–water partition coefficient (Wildman–Crippen LogP) is 3.07. The number of nitrogens with one attached hydrogen (secondary N) is 1. The van der Waals surface area contributed by atoms with Gasteiger partial charge in [-0.3, -0.25) is 14.5 Å². The molecule has 26 heavy (non-hydrogen) atoms. The number of amides is 2. The SMILES string of the molecule is Cc1ccc(C(=O)N2CCN(CC(=O)Nc3cccc(C)c3C)CC2)s1. The Hall–Kier alpha value is -2.18. The molecule has 1 aliphatic heterocycles. The summed E-state index contributed by atoms with van der Waals surface area (Å²) in [5.74, 6) is 0.0925. The van der Waals surface area contributed by atoms with E-state index >= 15 is 0 Å². The van der Waals surface area contributed by atoms with Crippen LogP contribution in [0.1, 0.15) is 25.7 Å². The first-order valence-electron chi connectivity index (χ1n) is 8.88. The van der Waals surface area contributed by atoms with Gasteiger partial charge in [0.25, 0.3) is 5.91 Å². The van der Waals surface area contributed by atoms with E-state index in [1.54, 1.807) is 0 Å². The minimum Gasteiger partial charge on any atom is -0.335 e. The van der Waals surface area contributed by atoms with E-state index in [1.807, 2.05) is 56.0 Å². The Morgan fingerprint density at radius 1 is 1.04 bits per heavy atom. The zero-order chi connectivity index (χ0) is 18.7. The van der Waals surface area contributed by atoms with Crippen LogP contribution < -0.4 is 5.32 Å². The molecule has 2 amide bonds. The van der Waals surface area contributed by atoms with E-state index < -0.39 is 0 Å². The first kappa shape index (κ1) is 18.6. The zero-order valence-corrected chi connectivity index (χ0v) is 16.4. The van der Waals surface area contributed by atoms with Gasteiger partial charge in [0, 0.05) is 36.7 Å². The number of anilines is 1. The number of nitrogens with zero attached hydrogens (tertiary/aromatic N) is 2. The van der Waals surface area contributed by atoms with Crippen LogP contribution in [0.4, 0.5) is 5.69 Å². The van der Waals surface area contributed by atoms with Gasteiger partial charge in [-0.15, -0.1) is 11.3 Å². The van der Waals surface area contributed by atoms with Gasteiger partial charge in [0.2, 0.25) is 5.91 Å². The molecule has 1 aromatic carbocycles. The highest BCUT2D eigenvalue weighted by Gasteiger charge is 2.24. The van der Waals surface area contributed by atoms with Crippen molar-refractivity contribution in [3.8, 4) is 0 Å². The van der Waals surface area contributed by atoms with Crippen molar-refractivity contribution in [2.45, 2.75) is 20.8 Å². The molecule has 0 bridgehead atoms. The lowest BCUT2D eigenvalue weighted by atomic mass is 10.1. The van der Waals surface area contributed by atoms with Crippen LogP contribution in [0.15, 0.2) is 30.3 Å². The maximum absolute atomic E-state index is 12.5. The van der Waals surface area contributed by atoms with Crippen LogP contribution in [-0.2, 0) is 4.79 Å². The molecule has 2 heterocycles. The Balaban J connectivity index is 1.50. The van der Waals surface area contributed by atoms with Crippen molar-refractivity contribution in [2.75, 3.05) is 38.0 Å². The van der Waals surface area contributed by atoms with Gasteiger partial charge < -0.3 is 10.2 Å². The van der Waals surface area contributed by atoms with Crippen molar-refractivity contribution in [3.63, 3.8) is 0 Å². The molecule has 0 atom stereocenters. The van der Waals surface area contributed by atoms with E-state index in [-0.39, 0.29) is 11.8 Å². The second-order valence-corrected chi connectivity index (χ2v) is 8.06. The molecule has 138 valence electrons. The van der Waals surface area contributed by atoms with Gasteiger partial charge in [-0.2, -0.15) is 0 Å². The smallest absolute Gasteiger partial charge is 0.264 e. The third kappa shape index (κ3) is 4.31. The molecule has 1 fully saturated rings. The van der Waals surface area contributed by atoms with Gasteiger partial charge >= 0.3 is 0 Å². The van der Waals surface area contributed by atoms with Crippen molar-refractivity contribution in [1.29, 1.82) is 0 Å². The first-order chi connectivity index (χ1) is 12.4. The molecule has 2 aromatic rings. The summed E-state index contributed by atoms with van der Waals surface area (Å²) < 4.78 is 0. The Bertz CT molecular complexity index is 807. The standard InChI is InChI=1S/C20H25N3O2S/c1-14-5-4-6-17(16(14)3)21-19(24)13-22-9-11-23(12-10-22)20(25)18-8-7-15(2)26-18/h4-8H,9-13H2,1-3H3,(H,21,24). The largest absolute Gasteiger partial charge is 0.335 e. The molecule has 0 saturated carbocycles. The Kier molecular flexibility index (Phi) is 5.74. The number of hydrogen-bond donors (Lipinski definition) is 1. The fourth-order valence-corrected chi connectivity index (χ4v) is 3.93. The van der Waals surface area contributed by atoms with Crippen LogP contribution in [0, 0.1) is 20.8 Å². The highest BCUT2D eigenvalue weighted by atomic mass is 32.1. The second-order valence-electron chi connectivity index (χ2n) is 6.77. The van der Waals surface area contributed by atoms with Crippen molar-refractivity contribution >= 4 is 28.8 Å². The van der Waals surface area contributed by atoms with Crippen LogP contribution in [-0.4, -0.2) is 54.3 Å². The summed E-state index contributed by atoms with van der Waals surface area (Å²) in [6, 6.07) is 9.79. The summed E-state index contributed by atoms with van der Waals surface area (Å²) in [6.45, 7) is 9.17. The molecule has 1 saturated heterocycles. The molecule has 5 nitrogen and oxygen atoms in total. The fourth-order valence-electron chi connectivity index (χ4n) is 3.09. The van der Waals surface area contributed by atoms with Crippen molar-refractivity contribution in [3.05, 3.63) is 51.2 Å². The summed E-state index contributed by atoms with van der Waals surface area (Å²) >= 11 is 1.54. The lowest BCUT2D eigenvalue weighted by Crippen LogP contribution is -2.50. The number of thiophene rings is 1. The minimum absolute atomic E-state index is 0.00708. The minimum atomic E-state index is -0.00708. The Labute approximate surface area is 158 Å². The summed E-state index contributed by atoms with van der Waals surface area (Å²) in [4.78, 5) is 30.8. The number of hydrogen-bond acceptors (Lipinski definition) is 4. The van der Waals surface area contributed by atoms with E-state index in [0.717, 1.165) is 34.1 Å². The number of benzene rings is 1. The number of carbonyl (C=O) groups excluding carboxylic acids is 2. The number of rotatable bonds is 4. The van der Waals surface area contributed by atoms with Crippen LogP contribution in [0.3, 0.4) is 0 Å². The molecular weight excluding hydrogens is 346 g/mol. The molecule has 6 heteroatoms. The number of piperazine rings is 1. The maximum atomic E-state index is 12.5. The molecule has 1 aromatic heterocycles. The topological polar surface area (TPSA) is 52.7 Å². The van der Waals surface area contributed by atoms with E-state index in [9.17, 15) is 9.59 Å². The van der Waals surface area contributed by atoms with Crippen LogP contribution in [0.5, 0.6) is 0 Å². The highest BCUT2D eigenvalue weighted by molar-refractivity contribution is 7.13. The van der Waals surface area contributed by atoms with Gasteiger partial charge in [0.15, 0.2) is 0 Å². The van der Waals surface area contributed by atoms with E-state index in [4.69, 9.17) is 0 Å². The third-order valence-electron chi connectivity index (χ3n) is 4.86. The second kappa shape index (κ2) is 8.01. The summed E-state index contributed by atoms with van der Waals surface area (Å²) in [7, 11) is 0. The number of aryl methyl sites for hydroxylation is 2. The zero-order valence-electron chi connectivity index (χ0n) is 15.5. The van der Waals surface area contributed by atoms with E-state index in [2.05, 4.69) is 10.2 Å². The molecule has 1 aliphatic rings. The van der Waals surface area contributed by atoms with Crippen LogP contribution >= 0.6 is 11.3 Å². The van der Waals surface area contributed by atoms with Gasteiger partial charge in [-0.1, -0.05) is 12.1 Å². The van der Waals surface area contributed by atoms with Gasteiger partial charge in [0.05, 0.1) is 11.4 Å². The van der Waals surface area contributed by atoms with Gasteiger partial charge in [-0.05, 0) is 50.1 Å². The average Bonchev–Trinajstić information content (AvgIpc) is 3.05. The molecule has 3 rings (SSSR count). The quantitative estimate of drug-likeness (QED) is 0.899. The van der Waals surface area contributed by atoms with Crippen LogP contribution in [0.2, 0.25) is 0 Å². The van der Waals surface area contributed by atoms with E-state index in [0.29, 0.717) is 19.6 Å². The molecule has 0 aliphatic carbocycles. The summed E-state index contributed by atoms with van der Waals surface area (Å²) in [5.41, 5.74) is 3.14. The Morgan fingerprint density at radius 2 is 1.77 bits per heavy atom. The van der Waals surface area contributed by atoms with Crippen LogP contribution in [0.25, 0.3) is 0 Å². The predicted molar refractivity (Wildman–Crippen MR) is 106 cm³/mol. The molecule has 0 radical (unpaired) electrons. The van der Waals surface area contributed by atoms with Gasteiger partial charge in [0.1, 0.15) is 0 Å². The third-order valence-corrected chi connectivity index (χ3v) is 5.85.